The molecule has 0 saturated heterocycles. The zero-order valence-corrected chi connectivity index (χ0v) is 10.2. The van der Waals surface area contributed by atoms with Crippen molar-refractivity contribution < 1.29 is 22.8 Å². The molecule has 0 unspecified atom stereocenters. The van der Waals surface area contributed by atoms with E-state index in [1.807, 2.05) is 0 Å². The number of hydrogen-bond acceptors (Lipinski definition) is 4. The van der Waals surface area contributed by atoms with Crippen molar-refractivity contribution in [1.29, 1.82) is 0 Å². The summed E-state index contributed by atoms with van der Waals surface area (Å²) in [5.74, 6) is -2.52. The number of hydrogen-bond donors (Lipinski definition) is 0. The van der Waals surface area contributed by atoms with Gasteiger partial charge in [0.1, 0.15) is 0 Å². The summed E-state index contributed by atoms with van der Waals surface area (Å²) in [6.45, 7) is 0. The number of carbonyl (C=O) groups excluding carboxylic acids is 1. The monoisotopic (exact) mass is 307 g/mol. The van der Waals surface area contributed by atoms with Crippen LogP contribution in [-0.4, -0.2) is 26.7 Å². The predicted octanol–water partition coefficient (Wildman–Crippen LogP) is 1.20. The fourth-order valence-corrected chi connectivity index (χ4v) is 1.38. The lowest BCUT2D eigenvalue weighted by Gasteiger charge is -2.04. The zero-order chi connectivity index (χ0) is 14.9. The molecule has 2 aromatic rings. The maximum atomic E-state index is 12.0. The van der Waals surface area contributed by atoms with Gasteiger partial charge in [-0.05, 0) is 24.3 Å². The van der Waals surface area contributed by atoms with Crippen molar-refractivity contribution in [3.63, 3.8) is 0 Å². The Bertz CT molecular complexity index is 690. The lowest BCUT2D eigenvalue weighted by Crippen LogP contribution is -2.38. The molecule has 0 saturated carbocycles. The van der Waals surface area contributed by atoms with E-state index < -0.39 is 17.8 Å². The van der Waals surface area contributed by atoms with Gasteiger partial charge in [-0.2, -0.15) is 17.9 Å². The van der Waals surface area contributed by atoms with Crippen LogP contribution in [0.25, 0.3) is 5.69 Å². The van der Waals surface area contributed by atoms with E-state index >= 15 is 0 Å². The molecule has 0 bridgehead atoms. The maximum absolute atomic E-state index is 12.0. The third-order valence-corrected chi connectivity index (χ3v) is 2.38. The Kier molecular flexibility index (Phi) is 3.53. The van der Waals surface area contributed by atoms with E-state index in [1.54, 1.807) is 0 Å². The number of rotatable bonds is 2. The lowest BCUT2D eigenvalue weighted by molar-refractivity contribution is -0.200. The van der Waals surface area contributed by atoms with Crippen molar-refractivity contribution in [3.8, 4) is 5.69 Å². The minimum Gasteiger partial charge on any atom is -0.322 e. The summed E-state index contributed by atoms with van der Waals surface area (Å²) in [6.07, 6.45) is -4.55. The molecule has 20 heavy (non-hydrogen) atoms. The van der Waals surface area contributed by atoms with Crippen LogP contribution >= 0.6 is 11.6 Å². The normalized spacial score (nSPS) is 11.4. The van der Waals surface area contributed by atoms with E-state index in [2.05, 4.69) is 9.94 Å². The molecule has 1 aromatic heterocycles. The highest BCUT2D eigenvalue weighted by atomic mass is 35.5. The molecule has 0 aliphatic rings. The van der Waals surface area contributed by atoms with Gasteiger partial charge in [-0.15, -0.1) is 9.83 Å². The van der Waals surface area contributed by atoms with Crippen molar-refractivity contribution in [2.24, 2.45) is 0 Å². The standard InChI is InChI=1S/C10H5ClF3N3O3/c11-6-1-3-7(4-2-6)17-9(19)16(5-15-17)20-8(18)10(12,13)14/h1-5H. The highest BCUT2D eigenvalue weighted by Crippen LogP contribution is 2.15. The van der Waals surface area contributed by atoms with Crippen LogP contribution in [0.2, 0.25) is 5.02 Å². The Labute approximate surface area is 113 Å². The van der Waals surface area contributed by atoms with Gasteiger partial charge in [0, 0.05) is 5.02 Å². The van der Waals surface area contributed by atoms with Crippen LogP contribution in [0.4, 0.5) is 13.2 Å². The van der Waals surface area contributed by atoms with Crippen LogP contribution in [0.15, 0.2) is 35.4 Å². The van der Waals surface area contributed by atoms with Crippen molar-refractivity contribution in [2.45, 2.75) is 6.18 Å². The van der Waals surface area contributed by atoms with Crippen LogP contribution in [0, 0.1) is 0 Å². The molecule has 0 radical (unpaired) electrons. The quantitative estimate of drug-likeness (QED) is 0.836. The minimum atomic E-state index is -5.21. The molecule has 0 aliphatic heterocycles. The fourth-order valence-electron chi connectivity index (χ4n) is 1.25. The smallest absolute Gasteiger partial charge is 0.322 e. The van der Waals surface area contributed by atoms with Gasteiger partial charge in [-0.1, -0.05) is 11.6 Å². The largest absolute Gasteiger partial charge is 0.493 e. The first-order valence-electron chi connectivity index (χ1n) is 5.01. The average molecular weight is 308 g/mol. The Morgan fingerprint density at radius 1 is 1.25 bits per heavy atom. The Morgan fingerprint density at radius 2 is 1.85 bits per heavy atom. The number of halogens is 4. The number of carbonyl (C=O) groups is 1. The molecule has 106 valence electrons. The number of aromatic nitrogens is 3. The van der Waals surface area contributed by atoms with E-state index in [1.165, 1.54) is 24.3 Å². The molecule has 0 N–H and O–H groups in total. The molecule has 6 nitrogen and oxygen atoms in total. The molecule has 0 aliphatic carbocycles. The van der Waals surface area contributed by atoms with Gasteiger partial charge >= 0.3 is 17.8 Å². The van der Waals surface area contributed by atoms with Gasteiger partial charge in [-0.25, -0.2) is 9.59 Å². The molecule has 0 amide bonds. The van der Waals surface area contributed by atoms with Crippen LogP contribution in [-0.2, 0) is 4.79 Å². The molecule has 0 fully saturated rings. The van der Waals surface area contributed by atoms with Gasteiger partial charge < -0.3 is 4.84 Å². The van der Waals surface area contributed by atoms with Gasteiger partial charge in [0.05, 0.1) is 5.69 Å². The molecule has 2 rings (SSSR count). The van der Waals surface area contributed by atoms with Gasteiger partial charge in [0.25, 0.3) is 0 Å². The average Bonchev–Trinajstić information content (AvgIpc) is 2.71. The van der Waals surface area contributed by atoms with Crippen LogP contribution in [0.3, 0.4) is 0 Å². The number of alkyl halides is 3. The zero-order valence-electron chi connectivity index (χ0n) is 9.46. The molecule has 1 heterocycles. The van der Waals surface area contributed by atoms with E-state index in [-0.39, 0.29) is 10.4 Å². The topological polar surface area (TPSA) is 66.1 Å². The summed E-state index contributed by atoms with van der Waals surface area (Å²) in [4.78, 5) is 26.2. The number of nitrogens with zero attached hydrogens (tertiary/aromatic N) is 3. The Morgan fingerprint density at radius 3 is 2.40 bits per heavy atom. The van der Waals surface area contributed by atoms with Gasteiger partial charge in [0.15, 0.2) is 6.33 Å². The Hall–Kier alpha value is -2.29. The second-order valence-corrected chi connectivity index (χ2v) is 3.94. The number of benzene rings is 1. The van der Waals surface area contributed by atoms with Crippen molar-refractivity contribution in [2.75, 3.05) is 0 Å². The van der Waals surface area contributed by atoms with E-state index in [9.17, 15) is 22.8 Å². The summed E-state index contributed by atoms with van der Waals surface area (Å²) in [5.41, 5.74) is -0.814. The molecule has 1 aromatic carbocycles. The summed E-state index contributed by atoms with van der Waals surface area (Å²) >= 11 is 5.66. The SMILES string of the molecule is O=C(On1cnn(-c2ccc(Cl)cc2)c1=O)C(F)(F)F. The first kappa shape index (κ1) is 14.1. The predicted molar refractivity (Wildman–Crippen MR) is 60.5 cm³/mol. The van der Waals surface area contributed by atoms with E-state index in [0.29, 0.717) is 11.3 Å². The van der Waals surface area contributed by atoms with Crippen molar-refractivity contribution >= 4 is 17.6 Å². The summed E-state index contributed by atoms with van der Waals surface area (Å²) in [7, 11) is 0. The first-order chi connectivity index (χ1) is 9.29. The third kappa shape index (κ3) is 2.82. The van der Waals surface area contributed by atoms with E-state index in [4.69, 9.17) is 11.6 Å². The lowest BCUT2D eigenvalue weighted by atomic mass is 10.3. The van der Waals surface area contributed by atoms with Crippen LogP contribution < -0.4 is 10.5 Å². The summed E-state index contributed by atoms with van der Waals surface area (Å²) < 4.78 is 36.9. The molecule has 10 heteroatoms. The maximum Gasteiger partial charge on any atom is 0.493 e. The summed E-state index contributed by atoms with van der Waals surface area (Å²) in [5, 5.41) is 3.94. The van der Waals surface area contributed by atoms with Crippen molar-refractivity contribution in [3.05, 3.63) is 46.1 Å². The highest BCUT2D eigenvalue weighted by molar-refractivity contribution is 6.30. The molecule has 0 spiro atoms. The molecule has 0 atom stereocenters. The highest BCUT2D eigenvalue weighted by Gasteiger charge is 2.42. The van der Waals surface area contributed by atoms with Crippen LogP contribution in [0.1, 0.15) is 0 Å². The van der Waals surface area contributed by atoms with Gasteiger partial charge in [-0.3, -0.25) is 0 Å². The second kappa shape index (κ2) is 5.00. The first-order valence-corrected chi connectivity index (χ1v) is 5.39. The summed E-state index contributed by atoms with van der Waals surface area (Å²) in [6, 6.07) is 5.77. The van der Waals surface area contributed by atoms with Crippen molar-refractivity contribution in [1.82, 2.24) is 14.5 Å². The van der Waals surface area contributed by atoms with E-state index in [0.717, 1.165) is 4.68 Å². The molecular weight excluding hydrogens is 303 g/mol. The molecular formula is C10H5ClF3N3O3. The van der Waals surface area contributed by atoms with Crippen LogP contribution in [0.5, 0.6) is 0 Å². The Balaban J connectivity index is 2.30. The third-order valence-electron chi connectivity index (χ3n) is 2.13. The minimum absolute atomic E-state index is 0.0877. The second-order valence-electron chi connectivity index (χ2n) is 3.50. The fraction of sp³-hybridized carbons (Fsp3) is 0.100. The van der Waals surface area contributed by atoms with Gasteiger partial charge in [0.2, 0.25) is 0 Å².